The number of pyridine rings is 1. The van der Waals surface area contributed by atoms with E-state index >= 15 is 0 Å². The van der Waals surface area contributed by atoms with Crippen LogP contribution in [-0.4, -0.2) is 42.8 Å². The maximum atomic E-state index is 13.9. The van der Waals surface area contributed by atoms with Gasteiger partial charge in [0.15, 0.2) is 0 Å². The zero-order valence-electron chi connectivity index (χ0n) is 19.7. The van der Waals surface area contributed by atoms with Gasteiger partial charge in [-0.3, -0.25) is 9.59 Å². The number of benzene rings is 2. The summed E-state index contributed by atoms with van der Waals surface area (Å²) in [6.45, 7) is 7.50. The van der Waals surface area contributed by atoms with E-state index in [-0.39, 0.29) is 28.3 Å². The number of fused-ring (bicyclic) bond motifs is 4. The minimum Gasteiger partial charge on any atom is -0.400 e. The number of rotatable bonds is 2. The number of nitrogens with zero attached hydrogens (tertiary/aromatic N) is 1. The first-order valence-corrected chi connectivity index (χ1v) is 14.6. The van der Waals surface area contributed by atoms with Crippen molar-refractivity contribution in [2.75, 3.05) is 13.7 Å². The summed E-state index contributed by atoms with van der Waals surface area (Å²) in [5.74, 6) is 0.347. The van der Waals surface area contributed by atoms with Crippen LogP contribution >= 0.6 is 0 Å². The highest BCUT2D eigenvalue weighted by Gasteiger charge is 2.71. The van der Waals surface area contributed by atoms with E-state index in [1.165, 1.54) is 5.19 Å². The molecule has 6 rings (SSSR count). The molecule has 4 atom stereocenters. The molecule has 0 spiro atoms. The normalized spacial score (nSPS) is 29.9. The van der Waals surface area contributed by atoms with Crippen LogP contribution in [0.3, 0.4) is 0 Å². The largest absolute Gasteiger partial charge is 0.400 e. The van der Waals surface area contributed by atoms with Crippen molar-refractivity contribution in [1.29, 1.82) is 0 Å². The van der Waals surface area contributed by atoms with Crippen molar-refractivity contribution < 1.29 is 14.6 Å². The molecule has 1 aliphatic carbocycles. The van der Waals surface area contributed by atoms with Crippen molar-refractivity contribution in [2.45, 2.75) is 49.5 Å². The summed E-state index contributed by atoms with van der Waals surface area (Å²) in [6.07, 6.45) is 0.916. The Bertz CT molecular complexity index is 1300. The van der Waals surface area contributed by atoms with E-state index < -0.39 is 13.7 Å². The smallest absolute Gasteiger partial charge is 0.259 e. The van der Waals surface area contributed by atoms with Crippen molar-refractivity contribution in [3.8, 4) is 0 Å². The van der Waals surface area contributed by atoms with Crippen LogP contribution in [0.5, 0.6) is 0 Å². The first kappa shape index (κ1) is 22.3. The summed E-state index contributed by atoms with van der Waals surface area (Å²) in [5, 5.41) is 9.71. The highest BCUT2D eigenvalue weighted by molar-refractivity contribution is 6.92. The highest BCUT2D eigenvalue weighted by Crippen LogP contribution is 2.63. The lowest BCUT2D eigenvalue weighted by Gasteiger charge is -2.56. The topological polar surface area (TPSA) is 68.5 Å². The van der Waals surface area contributed by atoms with Crippen molar-refractivity contribution in [3.05, 3.63) is 76.7 Å². The fraction of sp³-hybridized carbons (Fsp3) is 0.407. The Morgan fingerprint density at radius 1 is 1.00 bits per heavy atom. The van der Waals surface area contributed by atoms with E-state index in [1.807, 2.05) is 34.9 Å². The molecule has 172 valence electrons. The molecule has 2 aromatic carbocycles. The van der Waals surface area contributed by atoms with Crippen LogP contribution in [0.1, 0.15) is 31.5 Å². The van der Waals surface area contributed by atoms with Gasteiger partial charge in [0.25, 0.3) is 5.56 Å². The molecular formula is C27H31NO4Si. The van der Waals surface area contributed by atoms with Gasteiger partial charge in [-0.05, 0) is 24.4 Å². The second-order valence-electron chi connectivity index (χ2n) is 10.2. The van der Waals surface area contributed by atoms with Gasteiger partial charge in [-0.15, -0.1) is 0 Å². The number of Topliss-reactive ketones (excluding diaryl/α,β-unsaturated/α-hetero) is 1. The summed E-state index contributed by atoms with van der Waals surface area (Å²) < 4.78 is 8.65. The fourth-order valence-corrected chi connectivity index (χ4v) is 11.0. The van der Waals surface area contributed by atoms with Crippen LogP contribution in [0.15, 0.2) is 65.5 Å². The van der Waals surface area contributed by atoms with E-state index in [1.54, 1.807) is 0 Å². The lowest BCUT2D eigenvalue weighted by atomic mass is 9.64. The van der Waals surface area contributed by atoms with Crippen LogP contribution in [0.25, 0.3) is 10.8 Å². The third kappa shape index (κ3) is 2.71. The Morgan fingerprint density at radius 2 is 1.67 bits per heavy atom. The first-order chi connectivity index (χ1) is 15.8. The number of aliphatic hydroxyl groups is 1. The maximum Gasteiger partial charge on any atom is 0.259 e. The van der Waals surface area contributed by atoms with Crippen molar-refractivity contribution >= 4 is 29.8 Å². The van der Waals surface area contributed by atoms with E-state index in [9.17, 15) is 9.59 Å². The Hall–Kier alpha value is -2.54. The molecule has 1 saturated heterocycles. The molecule has 0 radical (unpaired) electrons. The minimum atomic E-state index is -2.24. The molecule has 1 N–H and O–H groups in total. The zero-order chi connectivity index (χ0) is 23.6. The summed E-state index contributed by atoms with van der Waals surface area (Å²) >= 11 is 0. The van der Waals surface area contributed by atoms with E-state index in [0.717, 1.165) is 23.6 Å². The number of aliphatic hydroxyl groups excluding tert-OH is 1. The Balaban J connectivity index is 0.00000111. The molecule has 3 heterocycles. The third-order valence-electron chi connectivity index (χ3n) is 8.75. The van der Waals surface area contributed by atoms with Gasteiger partial charge >= 0.3 is 0 Å². The number of hydrogen-bond acceptors (Lipinski definition) is 4. The van der Waals surface area contributed by atoms with Gasteiger partial charge in [-0.1, -0.05) is 66.8 Å². The van der Waals surface area contributed by atoms with Crippen molar-refractivity contribution in [1.82, 2.24) is 4.57 Å². The number of carbonyl (C=O) groups is 1. The maximum absolute atomic E-state index is 13.9. The molecule has 0 unspecified atom stereocenters. The van der Waals surface area contributed by atoms with Crippen LogP contribution in [0, 0.1) is 5.92 Å². The molecule has 6 heteroatoms. The quantitative estimate of drug-likeness (QED) is 0.595. The molecule has 0 amide bonds. The van der Waals surface area contributed by atoms with Gasteiger partial charge in [0.1, 0.15) is 5.78 Å². The second kappa shape index (κ2) is 7.48. The standard InChI is InChI=1S/C26H27NO3Si.CH4O/c1-25-21-14-18(28)15-22(25)27-23(13-17-9-7-8-12-20(17)24(27)29)26(21,16-30-25)31(2,3)19-10-5-4-6-11-19;1-2/h4-13,21-22H,14-16H2,1-3H3;2H,1H3/t21-,22+,25-,26-;/m1./s1. The van der Waals surface area contributed by atoms with Gasteiger partial charge in [0, 0.05) is 42.0 Å². The van der Waals surface area contributed by atoms with Crippen molar-refractivity contribution in [2.24, 2.45) is 5.92 Å². The van der Waals surface area contributed by atoms with Crippen LogP contribution in [0.4, 0.5) is 0 Å². The van der Waals surface area contributed by atoms with Crippen molar-refractivity contribution in [3.63, 3.8) is 0 Å². The molecule has 1 saturated carbocycles. The molecule has 33 heavy (non-hydrogen) atoms. The average Bonchev–Trinajstić information content (AvgIpc) is 3.08. The molecule has 1 aromatic heterocycles. The predicted molar refractivity (Wildman–Crippen MR) is 133 cm³/mol. The van der Waals surface area contributed by atoms with Gasteiger partial charge in [0.2, 0.25) is 0 Å². The van der Waals surface area contributed by atoms with Gasteiger partial charge in [0.05, 0.1) is 26.3 Å². The lowest BCUT2D eigenvalue weighted by Crippen LogP contribution is -2.70. The summed E-state index contributed by atoms with van der Waals surface area (Å²) in [6, 6.07) is 20.5. The molecule has 5 nitrogen and oxygen atoms in total. The second-order valence-corrected chi connectivity index (χ2v) is 15.0. The van der Waals surface area contributed by atoms with Gasteiger partial charge in [-0.2, -0.15) is 0 Å². The molecular weight excluding hydrogens is 430 g/mol. The zero-order valence-corrected chi connectivity index (χ0v) is 20.7. The summed E-state index contributed by atoms with van der Waals surface area (Å²) in [4.78, 5) is 26.8. The first-order valence-electron chi connectivity index (χ1n) is 11.6. The van der Waals surface area contributed by atoms with Crippen LogP contribution < -0.4 is 10.7 Å². The van der Waals surface area contributed by atoms with Gasteiger partial charge < -0.3 is 14.4 Å². The summed E-state index contributed by atoms with van der Waals surface area (Å²) in [5.41, 5.74) is 0.617. The SMILES string of the molecule is CO.C[C@]12OC[C@]3([Si](C)(C)c4ccccc4)c4cc5ccccc5c(=O)n4[C@H]1CC(=O)C[C@H]23. The number of aromatic nitrogens is 1. The van der Waals surface area contributed by atoms with Crippen LogP contribution in [0.2, 0.25) is 13.1 Å². The number of hydrogen-bond donors (Lipinski definition) is 1. The number of carbonyl (C=O) groups excluding carboxylic acids is 1. The molecule has 2 aliphatic heterocycles. The monoisotopic (exact) mass is 461 g/mol. The fourth-order valence-electron chi connectivity index (χ4n) is 6.97. The van der Waals surface area contributed by atoms with Crippen LogP contribution in [-0.2, 0) is 14.6 Å². The lowest BCUT2D eigenvalue weighted by molar-refractivity contribution is -0.135. The van der Waals surface area contributed by atoms with E-state index in [4.69, 9.17) is 9.84 Å². The number of ketones is 1. The Kier molecular flexibility index (Phi) is 5.05. The molecule has 2 fully saturated rings. The molecule has 4 bridgehead atoms. The number of ether oxygens (including phenoxy) is 1. The predicted octanol–water partition coefficient (Wildman–Crippen LogP) is 3.33. The minimum absolute atomic E-state index is 0.0187. The molecule has 3 aromatic rings. The van der Waals surface area contributed by atoms with E-state index in [0.29, 0.717) is 19.4 Å². The Morgan fingerprint density at radius 3 is 2.39 bits per heavy atom. The summed E-state index contributed by atoms with van der Waals surface area (Å²) in [7, 11) is -1.24. The van der Waals surface area contributed by atoms with E-state index in [2.05, 4.69) is 50.3 Å². The third-order valence-corrected chi connectivity index (χ3v) is 13.5. The highest BCUT2D eigenvalue weighted by atomic mass is 28.3. The molecule has 3 aliphatic rings. The Labute approximate surface area is 195 Å². The average molecular weight is 462 g/mol. The van der Waals surface area contributed by atoms with Gasteiger partial charge in [-0.25, -0.2) is 0 Å².